The van der Waals surface area contributed by atoms with Gasteiger partial charge >= 0.3 is 12.3 Å². The maximum atomic E-state index is 12.5. The van der Waals surface area contributed by atoms with Crippen LogP contribution in [-0.2, 0) is 17.5 Å². The van der Waals surface area contributed by atoms with Gasteiger partial charge in [0.05, 0.1) is 18.4 Å². The lowest BCUT2D eigenvalue weighted by atomic mass is 10.2. The first kappa shape index (κ1) is 17.8. The van der Waals surface area contributed by atoms with Crippen molar-refractivity contribution >= 4 is 24.2 Å². The number of halogens is 4. The SMILES string of the molecule is Cl.O=C(Nc1cccc(C(F)(F)F)c1)OCCn1ccnc1. The van der Waals surface area contributed by atoms with E-state index in [4.69, 9.17) is 4.74 Å². The van der Waals surface area contributed by atoms with Crippen molar-refractivity contribution in [1.29, 1.82) is 0 Å². The number of aromatic nitrogens is 2. The number of hydrogen-bond acceptors (Lipinski definition) is 3. The van der Waals surface area contributed by atoms with Gasteiger partial charge in [-0.15, -0.1) is 12.4 Å². The summed E-state index contributed by atoms with van der Waals surface area (Å²) in [5.74, 6) is 0. The van der Waals surface area contributed by atoms with Crippen LogP contribution in [0.1, 0.15) is 5.56 Å². The molecule has 1 aromatic carbocycles. The first-order chi connectivity index (χ1) is 9.95. The molecule has 9 heteroatoms. The first-order valence-corrected chi connectivity index (χ1v) is 6.02. The minimum absolute atomic E-state index is 0. The summed E-state index contributed by atoms with van der Waals surface area (Å²) in [6, 6.07) is 4.34. The Hall–Kier alpha value is -2.22. The second-order valence-corrected chi connectivity index (χ2v) is 4.14. The number of amides is 1. The molecule has 0 saturated carbocycles. The van der Waals surface area contributed by atoms with Gasteiger partial charge in [-0.1, -0.05) is 6.07 Å². The van der Waals surface area contributed by atoms with E-state index in [0.717, 1.165) is 12.1 Å². The van der Waals surface area contributed by atoms with E-state index in [-0.39, 0.29) is 24.7 Å². The average Bonchev–Trinajstić information content (AvgIpc) is 2.91. The molecule has 0 fully saturated rings. The van der Waals surface area contributed by atoms with Gasteiger partial charge in [0.2, 0.25) is 0 Å². The van der Waals surface area contributed by atoms with E-state index in [1.807, 2.05) is 0 Å². The summed E-state index contributed by atoms with van der Waals surface area (Å²) in [4.78, 5) is 15.3. The molecule has 0 aliphatic heterocycles. The lowest BCUT2D eigenvalue weighted by molar-refractivity contribution is -0.137. The third-order valence-electron chi connectivity index (χ3n) is 2.58. The molecule has 0 aliphatic rings. The van der Waals surface area contributed by atoms with Crippen LogP contribution < -0.4 is 5.32 Å². The van der Waals surface area contributed by atoms with Crippen molar-refractivity contribution in [1.82, 2.24) is 9.55 Å². The average molecular weight is 336 g/mol. The molecule has 1 heterocycles. The van der Waals surface area contributed by atoms with Crippen LogP contribution in [0.5, 0.6) is 0 Å². The Balaban J connectivity index is 0.00000242. The van der Waals surface area contributed by atoms with Crippen molar-refractivity contribution in [2.45, 2.75) is 12.7 Å². The van der Waals surface area contributed by atoms with E-state index in [0.29, 0.717) is 6.54 Å². The zero-order chi connectivity index (χ0) is 15.3. The van der Waals surface area contributed by atoms with Crippen LogP contribution in [0.3, 0.4) is 0 Å². The molecule has 0 aliphatic carbocycles. The first-order valence-electron chi connectivity index (χ1n) is 6.02. The molecule has 2 rings (SSSR count). The Morgan fingerprint density at radius 3 is 2.77 bits per heavy atom. The van der Waals surface area contributed by atoms with Gasteiger partial charge in [0, 0.05) is 18.1 Å². The molecule has 120 valence electrons. The van der Waals surface area contributed by atoms with E-state index >= 15 is 0 Å². The van der Waals surface area contributed by atoms with Gasteiger partial charge in [-0.3, -0.25) is 5.32 Å². The molecule has 0 bridgehead atoms. The Bertz CT molecular complexity index is 603. The molecule has 5 nitrogen and oxygen atoms in total. The molecular formula is C13H13ClF3N3O2. The molecule has 1 N–H and O–H groups in total. The van der Waals surface area contributed by atoms with Gasteiger partial charge in [-0.25, -0.2) is 9.78 Å². The normalized spacial score (nSPS) is 10.7. The monoisotopic (exact) mass is 335 g/mol. The third kappa shape index (κ3) is 5.28. The fourth-order valence-electron chi connectivity index (χ4n) is 1.59. The van der Waals surface area contributed by atoms with Crippen molar-refractivity contribution in [3.63, 3.8) is 0 Å². The predicted molar refractivity (Wildman–Crippen MR) is 75.9 cm³/mol. The number of ether oxygens (including phenoxy) is 1. The van der Waals surface area contributed by atoms with Gasteiger partial charge in [-0.05, 0) is 18.2 Å². The number of rotatable bonds is 4. The van der Waals surface area contributed by atoms with Crippen LogP contribution in [0.4, 0.5) is 23.7 Å². The Kier molecular flexibility index (Phi) is 6.24. The molecule has 1 amide bonds. The number of carbonyl (C=O) groups is 1. The van der Waals surface area contributed by atoms with Crippen molar-refractivity contribution < 1.29 is 22.7 Å². The van der Waals surface area contributed by atoms with Crippen LogP contribution in [0.25, 0.3) is 0 Å². The number of carbonyl (C=O) groups excluding carboxylic acids is 1. The predicted octanol–water partition coefficient (Wildman–Crippen LogP) is 3.57. The highest BCUT2D eigenvalue weighted by Crippen LogP contribution is 2.30. The molecule has 0 spiro atoms. The number of benzene rings is 1. The number of hydrogen-bond donors (Lipinski definition) is 1. The number of nitrogens with zero attached hydrogens (tertiary/aromatic N) is 2. The zero-order valence-electron chi connectivity index (χ0n) is 11.2. The summed E-state index contributed by atoms with van der Waals surface area (Å²) in [7, 11) is 0. The lowest BCUT2D eigenvalue weighted by Crippen LogP contribution is -2.17. The lowest BCUT2D eigenvalue weighted by Gasteiger charge is -2.10. The van der Waals surface area contributed by atoms with Gasteiger partial charge in [-0.2, -0.15) is 13.2 Å². The van der Waals surface area contributed by atoms with Crippen LogP contribution in [0, 0.1) is 0 Å². The minimum atomic E-state index is -4.46. The third-order valence-corrected chi connectivity index (χ3v) is 2.58. The molecule has 1 aromatic heterocycles. The van der Waals surface area contributed by atoms with Crippen LogP contribution in [0.2, 0.25) is 0 Å². The highest BCUT2D eigenvalue weighted by atomic mass is 35.5. The topological polar surface area (TPSA) is 56.1 Å². The molecule has 0 unspecified atom stereocenters. The van der Waals surface area contributed by atoms with E-state index in [2.05, 4.69) is 10.3 Å². The Labute approximate surface area is 130 Å². The molecule has 0 atom stereocenters. The summed E-state index contributed by atoms with van der Waals surface area (Å²) in [5.41, 5.74) is -0.809. The highest BCUT2D eigenvalue weighted by Gasteiger charge is 2.30. The smallest absolute Gasteiger partial charge is 0.416 e. The molecule has 0 radical (unpaired) electrons. The van der Waals surface area contributed by atoms with E-state index in [9.17, 15) is 18.0 Å². The largest absolute Gasteiger partial charge is 0.447 e. The summed E-state index contributed by atoms with van der Waals surface area (Å²) in [6.07, 6.45) is -0.414. The Morgan fingerprint density at radius 2 is 2.14 bits per heavy atom. The molecular weight excluding hydrogens is 323 g/mol. The number of imidazole rings is 1. The number of alkyl halides is 3. The maximum absolute atomic E-state index is 12.5. The van der Waals surface area contributed by atoms with E-state index in [1.165, 1.54) is 12.1 Å². The standard InChI is InChI=1S/C13H12F3N3O2.ClH/c14-13(15,16)10-2-1-3-11(8-10)18-12(20)21-7-6-19-5-4-17-9-19;/h1-5,8-9H,6-7H2,(H,18,20);1H. The maximum Gasteiger partial charge on any atom is 0.416 e. The van der Waals surface area contributed by atoms with Crippen molar-refractivity contribution in [3.05, 3.63) is 48.5 Å². The van der Waals surface area contributed by atoms with Crippen LogP contribution >= 0.6 is 12.4 Å². The Morgan fingerprint density at radius 1 is 1.36 bits per heavy atom. The van der Waals surface area contributed by atoms with Gasteiger partial charge in [0.25, 0.3) is 0 Å². The zero-order valence-corrected chi connectivity index (χ0v) is 12.0. The summed E-state index contributed by atoms with van der Waals surface area (Å²) in [5, 5.41) is 2.25. The quantitative estimate of drug-likeness (QED) is 0.929. The number of nitrogens with one attached hydrogen (secondary N) is 1. The van der Waals surface area contributed by atoms with Gasteiger partial charge in [0.1, 0.15) is 6.61 Å². The van der Waals surface area contributed by atoms with Crippen LogP contribution in [0.15, 0.2) is 43.0 Å². The molecule has 0 saturated heterocycles. The van der Waals surface area contributed by atoms with E-state index in [1.54, 1.807) is 23.3 Å². The van der Waals surface area contributed by atoms with Crippen molar-refractivity contribution in [2.24, 2.45) is 0 Å². The highest BCUT2D eigenvalue weighted by molar-refractivity contribution is 5.85. The summed E-state index contributed by atoms with van der Waals surface area (Å²) >= 11 is 0. The van der Waals surface area contributed by atoms with Gasteiger partial charge < -0.3 is 9.30 Å². The molecule has 2 aromatic rings. The second-order valence-electron chi connectivity index (χ2n) is 4.14. The fraction of sp³-hybridized carbons (Fsp3) is 0.231. The summed E-state index contributed by atoms with van der Waals surface area (Å²) < 4.78 is 44.1. The van der Waals surface area contributed by atoms with Gasteiger partial charge in [0.15, 0.2) is 0 Å². The van der Waals surface area contributed by atoms with Crippen LogP contribution in [-0.4, -0.2) is 22.3 Å². The molecule has 22 heavy (non-hydrogen) atoms. The second kappa shape index (κ2) is 7.69. The fourth-order valence-corrected chi connectivity index (χ4v) is 1.59. The minimum Gasteiger partial charge on any atom is -0.447 e. The number of anilines is 1. The summed E-state index contributed by atoms with van der Waals surface area (Å²) in [6.45, 7) is 0.497. The van der Waals surface area contributed by atoms with Crippen molar-refractivity contribution in [2.75, 3.05) is 11.9 Å². The van der Waals surface area contributed by atoms with E-state index < -0.39 is 17.8 Å². The van der Waals surface area contributed by atoms with Crippen molar-refractivity contribution in [3.8, 4) is 0 Å².